The van der Waals surface area contributed by atoms with Crippen LogP contribution in [0.15, 0.2) is 23.9 Å². The first kappa shape index (κ1) is 17.0. The zero-order valence-electron chi connectivity index (χ0n) is 13.0. The molecule has 0 unspecified atom stereocenters. The van der Waals surface area contributed by atoms with E-state index in [4.69, 9.17) is 10.5 Å². The minimum absolute atomic E-state index is 0.0892. The Balaban J connectivity index is 2.10. The van der Waals surface area contributed by atoms with Crippen LogP contribution in [0.5, 0.6) is 0 Å². The Morgan fingerprint density at radius 2 is 1.87 bits per heavy atom. The van der Waals surface area contributed by atoms with Crippen LogP contribution in [0.3, 0.4) is 0 Å². The molecule has 0 amide bonds. The Morgan fingerprint density at radius 1 is 1.13 bits per heavy atom. The smallest absolute Gasteiger partial charge is 0.131 e. The summed E-state index contributed by atoms with van der Waals surface area (Å²) in [5.41, 5.74) is 0.0892. The molecule has 0 aliphatic rings. The molecule has 0 aliphatic carbocycles. The first-order valence-electron chi connectivity index (χ1n) is 7.20. The average Bonchev–Trinajstić information content (AvgIpc) is 3.21. The van der Waals surface area contributed by atoms with Gasteiger partial charge in [0.25, 0.3) is 0 Å². The van der Waals surface area contributed by atoms with E-state index in [1.807, 2.05) is 24.3 Å². The van der Waals surface area contributed by atoms with Crippen molar-refractivity contribution in [3.8, 4) is 12.1 Å². The van der Waals surface area contributed by atoms with Crippen LogP contribution in [0.4, 0.5) is 5.00 Å². The van der Waals surface area contributed by atoms with Crippen molar-refractivity contribution in [3.05, 3.63) is 38.7 Å². The van der Waals surface area contributed by atoms with Gasteiger partial charge in [0.15, 0.2) is 0 Å². The highest BCUT2D eigenvalue weighted by Gasteiger charge is 2.04. The zero-order valence-corrected chi connectivity index (χ0v) is 14.6. The van der Waals surface area contributed by atoms with Gasteiger partial charge in [-0.25, -0.2) is 4.98 Å². The number of hydrogen-bond acceptors (Lipinski definition) is 6. The summed E-state index contributed by atoms with van der Waals surface area (Å²) in [6.45, 7) is 6.31. The molecule has 0 radical (unpaired) electrons. The lowest BCUT2D eigenvalue weighted by Gasteiger charge is -2.17. The summed E-state index contributed by atoms with van der Waals surface area (Å²) >= 11 is 3.20. The minimum Gasteiger partial charge on any atom is -0.364 e. The average molecular weight is 340 g/mol. The van der Waals surface area contributed by atoms with Crippen molar-refractivity contribution in [2.75, 3.05) is 18.0 Å². The molecule has 2 aromatic rings. The molecule has 0 N–H and O–H groups in total. The van der Waals surface area contributed by atoms with Gasteiger partial charge in [0, 0.05) is 29.0 Å². The molecule has 2 rings (SSSR count). The molecule has 116 valence electrons. The van der Waals surface area contributed by atoms with Crippen molar-refractivity contribution in [1.82, 2.24) is 4.98 Å². The fourth-order valence-corrected chi connectivity index (χ4v) is 3.77. The maximum absolute atomic E-state index is 8.76. The zero-order chi connectivity index (χ0) is 16.7. The number of anilines is 1. The number of hydrogen-bond donors (Lipinski definition) is 0. The molecule has 0 atom stereocenters. The van der Waals surface area contributed by atoms with Gasteiger partial charge in [-0.15, -0.1) is 22.7 Å². The third kappa shape index (κ3) is 4.53. The van der Waals surface area contributed by atoms with Crippen LogP contribution < -0.4 is 4.90 Å². The van der Waals surface area contributed by atoms with Crippen LogP contribution in [0.2, 0.25) is 0 Å². The van der Waals surface area contributed by atoms with E-state index in [9.17, 15) is 0 Å². The van der Waals surface area contributed by atoms with Crippen LogP contribution in [0, 0.1) is 22.7 Å². The molecule has 6 heteroatoms. The molecule has 2 aromatic heterocycles. The van der Waals surface area contributed by atoms with Crippen molar-refractivity contribution in [3.63, 3.8) is 0 Å². The Bertz CT molecular complexity index is 779. The van der Waals surface area contributed by atoms with E-state index in [2.05, 4.69) is 35.9 Å². The number of allylic oxidation sites excluding steroid dienone is 1. The molecule has 0 saturated carbocycles. The lowest BCUT2D eigenvalue weighted by atomic mass is 10.3. The third-order valence-corrected chi connectivity index (χ3v) is 5.17. The second-order valence-electron chi connectivity index (χ2n) is 4.56. The Labute approximate surface area is 144 Å². The van der Waals surface area contributed by atoms with Crippen molar-refractivity contribution in [2.45, 2.75) is 13.8 Å². The van der Waals surface area contributed by atoms with Crippen molar-refractivity contribution in [2.24, 2.45) is 0 Å². The number of rotatable bonds is 6. The van der Waals surface area contributed by atoms with Crippen molar-refractivity contribution >= 4 is 45.9 Å². The molecular weight excluding hydrogens is 324 g/mol. The van der Waals surface area contributed by atoms with E-state index < -0.39 is 0 Å². The Morgan fingerprint density at radius 3 is 2.52 bits per heavy atom. The molecule has 0 spiro atoms. The van der Waals surface area contributed by atoms with Crippen LogP contribution in [-0.2, 0) is 0 Å². The largest absolute Gasteiger partial charge is 0.364 e. The summed E-state index contributed by atoms with van der Waals surface area (Å²) < 4.78 is 0. The van der Waals surface area contributed by atoms with Crippen molar-refractivity contribution in [1.29, 1.82) is 10.5 Å². The number of nitrogens with zero attached hydrogens (tertiary/aromatic N) is 4. The van der Waals surface area contributed by atoms with Gasteiger partial charge in [-0.1, -0.05) is 0 Å². The van der Waals surface area contributed by atoms with Crippen LogP contribution in [-0.4, -0.2) is 18.1 Å². The third-order valence-electron chi connectivity index (χ3n) is 3.15. The Hall–Kier alpha value is -2.41. The number of nitriles is 2. The van der Waals surface area contributed by atoms with Crippen LogP contribution in [0.1, 0.15) is 28.6 Å². The summed E-state index contributed by atoms with van der Waals surface area (Å²) in [5.74, 6) is 0. The second-order valence-corrected chi connectivity index (χ2v) is 6.75. The molecule has 0 aromatic carbocycles. The van der Waals surface area contributed by atoms with Gasteiger partial charge >= 0.3 is 0 Å². The molecule has 2 heterocycles. The van der Waals surface area contributed by atoms with Gasteiger partial charge in [0.05, 0.1) is 5.00 Å². The maximum atomic E-state index is 8.76. The fourth-order valence-electron chi connectivity index (χ4n) is 1.97. The normalized spacial score (nSPS) is 10.3. The summed E-state index contributed by atoms with van der Waals surface area (Å²) in [7, 11) is 0. The molecular formula is C17H16N4S2. The van der Waals surface area contributed by atoms with Crippen LogP contribution >= 0.6 is 22.7 Å². The first-order valence-corrected chi connectivity index (χ1v) is 8.84. The van der Waals surface area contributed by atoms with Gasteiger partial charge in [0.1, 0.15) is 22.7 Å². The topological polar surface area (TPSA) is 63.7 Å². The quantitative estimate of drug-likeness (QED) is 0.718. The highest BCUT2D eigenvalue weighted by molar-refractivity contribution is 7.17. The Kier molecular flexibility index (Phi) is 6.10. The van der Waals surface area contributed by atoms with Gasteiger partial charge in [-0.3, -0.25) is 0 Å². The predicted molar refractivity (Wildman–Crippen MR) is 98.1 cm³/mol. The molecule has 0 bridgehead atoms. The van der Waals surface area contributed by atoms with E-state index in [-0.39, 0.29) is 5.57 Å². The van der Waals surface area contributed by atoms with Crippen molar-refractivity contribution < 1.29 is 0 Å². The number of thiazole rings is 1. The minimum atomic E-state index is 0.0892. The second kappa shape index (κ2) is 8.28. The first-order chi connectivity index (χ1) is 11.2. The van der Waals surface area contributed by atoms with E-state index in [1.54, 1.807) is 23.6 Å². The van der Waals surface area contributed by atoms with E-state index in [0.29, 0.717) is 0 Å². The molecule has 0 saturated heterocycles. The lowest BCUT2D eigenvalue weighted by molar-refractivity contribution is 0.876. The summed E-state index contributed by atoms with van der Waals surface area (Å²) in [6.07, 6.45) is 7.23. The standard InChI is InChI=1S/C17H16N4S2/c1-3-21(4-2)17-8-6-14(23-17)5-7-16-20-12-15(22-16)9-13(10-18)11-19/h5-9,12H,3-4H2,1-2H3/b7-5+. The molecule has 0 aliphatic heterocycles. The number of thiophene rings is 1. The lowest BCUT2D eigenvalue weighted by Crippen LogP contribution is -2.20. The monoisotopic (exact) mass is 340 g/mol. The fraction of sp³-hybridized carbons (Fsp3) is 0.235. The van der Waals surface area contributed by atoms with Gasteiger partial charge in [0.2, 0.25) is 0 Å². The van der Waals surface area contributed by atoms with Crippen LogP contribution in [0.25, 0.3) is 18.2 Å². The number of aromatic nitrogens is 1. The predicted octanol–water partition coefficient (Wildman–Crippen LogP) is 4.65. The van der Waals surface area contributed by atoms with Gasteiger partial charge in [-0.05, 0) is 44.2 Å². The maximum Gasteiger partial charge on any atom is 0.131 e. The van der Waals surface area contributed by atoms with Gasteiger partial charge in [-0.2, -0.15) is 10.5 Å². The summed E-state index contributed by atoms with van der Waals surface area (Å²) in [6, 6.07) is 7.94. The molecule has 4 nitrogen and oxygen atoms in total. The SMILES string of the molecule is CCN(CC)c1ccc(/C=C/c2ncc(C=C(C#N)C#N)s2)s1. The highest BCUT2D eigenvalue weighted by Crippen LogP contribution is 2.27. The summed E-state index contributed by atoms with van der Waals surface area (Å²) in [4.78, 5) is 8.59. The van der Waals surface area contributed by atoms with Gasteiger partial charge < -0.3 is 4.90 Å². The van der Waals surface area contributed by atoms with E-state index in [1.165, 1.54) is 21.2 Å². The molecule has 23 heavy (non-hydrogen) atoms. The summed E-state index contributed by atoms with van der Waals surface area (Å²) in [5, 5.41) is 19.6. The van der Waals surface area contributed by atoms with E-state index >= 15 is 0 Å². The van der Waals surface area contributed by atoms with E-state index in [0.717, 1.165) is 23.0 Å². The highest BCUT2D eigenvalue weighted by atomic mass is 32.1. The molecule has 0 fully saturated rings.